The van der Waals surface area contributed by atoms with E-state index in [1.807, 2.05) is 20.8 Å². The van der Waals surface area contributed by atoms with Gasteiger partial charge >= 0.3 is 0 Å². The molecule has 0 spiro atoms. The van der Waals surface area contributed by atoms with Crippen LogP contribution in [0.4, 0.5) is 4.39 Å². The zero-order chi connectivity index (χ0) is 15.5. The third kappa shape index (κ3) is 3.79. The standard InChI is InChI=1S/C16H17FN2OS/c1-16(2,3)15-13(10-18)21-14(19-15)8-9-20-12-7-5-4-6-11(12)17/h4-7H,8-9H2,1-3H3. The Morgan fingerprint density at radius 2 is 2.05 bits per heavy atom. The molecule has 110 valence electrons. The van der Waals surface area contributed by atoms with Gasteiger partial charge in [0.15, 0.2) is 11.6 Å². The van der Waals surface area contributed by atoms with Crippen molar-refractivity contribution in [1.82, 2.24) is 4.98 Å². The molecule has 0 unspecified atom stereocenters. The molecule has 1 aromatic carbocycles. The lowest BCUT2D eigenvalue weighted by molar-refractivity contribution is 0.305. The number of nitrogens with zero attached hydrogens (tertiary/aromatic N) is 2. The van der Waals surface area contributed by atoms with Gasteiger partial charge in [-0.05, 0) is 12.1 Å². The Morgan fingerprint density at radius 1 is 1.33 bits per heavy atom. The summed E-state index contributed by atoms with van der Waals surface area (Å²) >= 11 is 1.38. The smallest absolute Gasteiger partial charge is 0.165 e. The molecule has 2 rings (SSSR count). The molecule has 0 amide bonds. The molecule has 0 saturated heterocycles. The molecule has 0 radical (unpaired) electrons. The third-order valence-electron chi connectivity index (χ3n) is 2.89. The number of aromatic nitrogens is 1. The van der Waals surface area contributed by atoms with Crippen LogP contribution in [0.15, 0.2) is 24.3 Å². The highest BCUT2D eigenvalue weighted by molar-refractivity contribution is 7.12. The maximum Gasteiger partial charge on any atom is 0.165 e. The summed E-state index contributed by atoms with van der Waals surface area (Å²) in [5.74, 6) is -0.129. The van der Waals surface area contributed by atoms with Crippen molar-refractivity contribution in [2.45, 2.75) is 32.6 Å². The van der Waals surface area contributed by atoms with E-state index in [1.165, 1.54) is 17.4 Å². The fraction of sp³-hybridized carbons (Fsp3) is 0.375. The molecule has 5 heteroatoms. The number of halogens is 1. The van der Waals surface area contributed by atoms with Gasteiger partial charge in [-0.25, -0.2) is 9.37 Å². The van der Waals surface area contributed by atoms with Crippen LogP contribution in [0.1, 0.15) is 36.3 Å². The molecular formula is C16H17FN2OS. The average molecular weight is 304 g/mol. The predicted octanol–water partition coefficient (Wildman–Crippen LogP) is 4.07. The second-order valence-electron chi connectivity index (χ2n) is 5.68. The molecule has 0 atom stereocenters. The SMILES string of the molecule is CC(C)(C)c1nc(CCOc2ccccc2F)sc1C#N. The summed E-state index contributed by atoms with van der Waals surface area (Å²) in [6.07, 6.45) is 0.559. The zero-order valence-corrected chi connectivity index (χ0v) is 13.1. The Kier molecular flexibility index (Phi) is 4.59. The second kappa shape index (κ2) is 6.23. The molecular weight excluding hydrogens is 287 g/mol. The van der Waals surface area contributed by atoms with Gasteiger partial charge in [0, 0.05) is 11.8 Å². The Labute approximate surface area is 128 Å². The number of benzene rings is 1. The molecule has 1 heterocycles. The monoisotopic (exact) mass is 304 g/mol. The number of nitriles is 1. The maximum absolute atomic E-state index is 13.4. The first-order valence-electron chi connectivity index (χ1n) is 6.69. The normalized spacial score (nSPS) is 11.2. The van der Waals surface area contributed by atoms with Crippen molar-refractivity contribution in [2.24, 2.45) is 0 Å². The van der Waals surface area contributed by atoms with E-state index < -0.39 is 0 Å². The first-order valence-corrected chi connectivity index (χ1v) is 7.51. The molecule has 0 aliphatic carbocycles. The van der Waals surface area contributed by atoms with E-state index >= 15 is 0 Å². The van der Waals surface area contributed by atoms with Gasteiger partial charge in [-0.2, -0.15) is 5.26 Å². The van der Waals surface area contributed by atoms with Crippen LogP contribution < -0.4 is 4.74 Å². The van der Waals surface area contributed by atoms with Crippen LogP contribution in [0, 0.1) is 17.1 Å². The summed E-state index contributed by atoms with van der Waals surface area (Å²) in [7, 11) is 0. The lowest BCUT2D eigenvalue weighted by atomic mass is 9.91. The lowest BCUT2D eigenvalue weighted by Gasteiger charge is -2.15. The van der Waals surface area contributed by atoms with Gasteiger partial charge in [-0.3, -0.25) is 0 Å². The number of hydrogen-bond donors (Lipinski definition) is 0. The maximum atomic E-state index is 13.4. The second-order valence-corrected chi connectivity index (χ2v) is 6.76. The number of thiazole rings is 1. The van der Waals surface area contributed by atoms with Crippen LogP contribution in [0.2, 0.25) is 0 Å². The van der Waals surface area contributed by atoms with Crippen molar-refractivity contribution in [2.75, 3.05) is 6.61 Å². The van der Waals surface area contributed by atoms with Gasteiger partial charge in [-0.1, -0.05) is 32.9 Å². The third-order valence-corrected chi connectivity index (χ3v) is 3.91. The number of hydrogen-bond acceptors (Lipinski definition) is 4. The van der Waals surface area contributed by atoms with Crippen LogP contribution in [0.5, 0.6) is 5.75 Å². The van der Waals surface area contributed by atoms with Crippen molar-refractivity contribution in [1.29, 1.82) is 5.26 Å². The topological polar surface area (TPSA) is 45.9 Å². The van der Waals surface area contributed by atoms with Crippen LogP contribution in [-0.2, 0) is 11.8 Å². The minimum absolute atomic E-state index is 0.161. The Bertz CT molecular complexity index is 668. The molecule has 0 saturated carbocycles. The molecule has 0 fully saturated rings. The van der Waals surface area contributed by atoms with Crippen molar-refractivity contribution in [3.05, 3.63) is 45.7 Å². The summed E-state index contributed by atoms with van der Waals surface area (Å²) < 4.78 is 18.8. The Balaban J connectivity index is 2.03. The van der Waals surface area contributed by atoms with Crippen molar-refractivity contribution in [3.8, 4) is 11.8 Å². The summed E-state index contributed by atoms with van der Waals surface area (Å²) in [5, 5.41) is 10.0. The molecule has 0 N–H and O–H groups in total. The first kappa shape index (κ1) is 15.5. The molecule has 21 heavy (non-hydrogen) atoms. The fourth-order valence-electron chi connectivity index (χ4n) is 1.87. The Hall–Kier alpha value is -1.93. The van der Waals surface area contributed by atoms with Gasteiger partial charge in [0.1, 0.15) is 10.9 Å². The number of para-hydroxylation sites is 1. The van der Waals surface area contributed by atoms with Crippen molar-refractivity contribution in [3.63, 3.8) is 0 Å². The first-order chi connectivity index (χ1) is 9.91. The molecule has 3 nitrogen and oxygen atoms in total. The molecule has 1 aromatic heterocycles. The minimum Gasteiger partial charge on any atom is -0.490 e. The van der Waals surface area contributed by atoms with E-state index in [1.54, 1.807) is 18.2 Å². The quantitative estimate of drug-likeness (QED) is 0.855. The van der Waals surface area contributed by atoms with Crippen molar-refractivity contribution >= 4 is 11.3 Å². The van der Waals surface area contributed by atoms with Crippen molar-refractivity contribution < 1.29 is 9.13 Å². The largest absolute Gasteiger partial charge is 0.490 e. The van der Waals surface area contributed by atoms with Gasteiger partial charge in [0.2, 0.25) is 0 Å². The molecule has 2 aromatic rings. The highest BCUT2D eigenvalue weighted by Gasteiger charge is 2.23. The van der Waals surface area contributed by atoms with E-state index in [4.69, 9.17) is 4.74 Å². The van der Waals surface area contributed by atoms with Gasteiger partial charge in [0.25, 0.3) is 0 Å². The summed E-state index contributed by atoms with van der Waals surface area (Å²) in [4.78, 5) is 5.17. The fourth-order valence-corrected chi connectivity index (χ4v) is 2.92. The number of ether oxygens (including phenoxy) is 1. The van der Waals surface area contributed by atoms with Gasteiger partial charge in [-0.15, -0.1) is 11.3 Å². The van der Waals surface area contributed by atoms with Crippen LogP contribution in [0.3, 0.4) is 0 Å². The summed E-state index contributed by atoms with van der Waals surface area (Å²) in [6.45, 7) is 6.43. The highest BCUT2D eigenvalue weighted by atomic mass is 32.1. The zero-order valence-electron chi connectivity index (χ0n) is 12.3. The summed E-state index contributed by atoms with van der Waals surface area (Å²) in [6, 6.07) is 8.51. The predicted molar refractivity (Wildman–Crippen MR) is 81.1 cm³/mol. The Morgan fingerprint density at radius 3 is 2.62 bits per heavy atom. The van der Waals surface area contributed by atoms with Crippen LogP contribution in [0.25, 0.3) is 0 Å². The molecule has 0 bridgehead atoms. The number of rotatable bonds is 4. The molecule has 0 aliphatic heterocycles. The van der Waals surface area contributed by atoms with Gasteiger partial charge in [0.05, 0.1) is 17.3 Å². The van der Waals surface area contributed by atoms with E-state index in [2.05, 4.69) is 11.1 Å². The lowest BCUT2D eigenvalue weighted by Crippen LogP contribution is -2.13. The minimum atomic E-state index is -0.371. The van der Waals surface area contributed by atoms with Gasteiger partial charge < -0.3 is 4.74 Å². The summed E-state index contributed by atoms with van der Waals surface area (Å²) in [5.41, 5.74) is 0.655. The van der Waals surface area contributed by atoms with E-state index in [9.17, 15) is 9.65 Å². The van der Waals surface area contributed by atoms with Crippen LogP contribution >= 0.6 is 11.3 Å². The van der Waals surface area contributed by atoms with E-state index in [0.29, 0.717) is 17.9 Å². The van der Waals surface area contributed by atoms with E-state index in [0.717, 1.165) is 10.7 Å². The van der Waals surface area contributed by atoms with Crippen LogP contribution in [-0.4, -0.2) is 11.6 Å². The van der Waals surface area contributed by atoms with E-state index in [-0.39, 0.29) is 17.0 Å². The highest BCUT2D eigenvalue weighted by Crippen LogP contribution is 2.29. The average Bonchev–Trinajstić information content (AvgIpc) is 2.84. The molecule has 0 aliphatic rings.